The number of carbonyl (C=O) groups is 2. The molecule has 2 aromatic rings. The second-order valence-electron chi connectivity index (χ2n) is 5.56. The highest BCUT2D eigenvalue weighted by Gasteiger charge is 2.14. The Hall–Kier alpha value is -2.58. The maximum Gasteiger partial charge on any atom is 0.331 e. The average Bonchev–Trinajstić information content (AvgIpc) is 3.12. The van der Waals surface area contributed by atoms with Gasteiger partial charge in [0.05, 0.1) is 24.9 Å². The predicted octanol–water partition coefficient (Wildman–Crippen LogP) is 3.94. The SMILES string of the molecule is CCN(C(C)=O)c1nc(COC(=O)/C=C/c2cc(Cl)c(OC)c(OC)c2)cs1. The molecule has 0 saturated heterocycles. The van der Waals surface area contributed by atoms with Gasteiger partial charge in [0.1, 0.15) is 6.61 Å². The molecule has 1 amide bonds. The zero-order chi connectivity index (χ0) is 20.7. The van der Waals surface area contributed by atoms with Gasteiger partial charge in [-0.1, -0.05) is 11.6 Å². The van der Waals surface area contributed by atoms with Crippen LogP contribution in [0.25, 0.3) is 6.08 Å². The smallest absolute Gasteiger partial charge is 0.331 e. The summed E-state index contributed by atoms with van der Waals surface area (Å²) in [4.78, 5) is 29.4. The topological polar surface area (TPSA) is 78.0 Å². The summed E-state index contributed by atoms with van der Waals surface area (Å²) in [6.45, 7) is 3.89. The van der Waals surface area contributed by atoms with Crippen molar-refractivity contribution >= 4 is 46.0 Å². The fourth-order valence-corrected chi connectivity index (χ4v) is 3.58. The van der Waals surface area contributed by atoms with Crippen molar-refractivity contribution in [2.75, 3.05) is 25.7 Å². The largest absolute Gasteiger partial charge is 0.493 e. The summed E-state index contributed by atoms with van der Waals surface area (Å²) in [5.41, 5.74) is 1.24. The van der Waals surface area contributed by atoms with E-state index in [9.17, 15) is 9.59 Å². The van der Waals surface area contributed by atoms with Crippen LogP contribution in [0.5, 0.6) is 11.5 Å². The minimum absolute atomic E-state index is 0.0157. The number of carbonyl (C=O) groups excluding carboxylic acids is 2. The van der Waals surface area contributed by atoms with Crippen molar-refractivity contribution in [3.63, 3.8) is 0 Å². The zero-order valence-electron chi connectivity index (χ0n) is 16.0. The van der Waals surface area contributed by atoms with Gasteiger partial charge in [-0.3, -0.25) is 9.69 Å². The molecule has 0 N–H and O–H groups in total. The van der Waals surface area contributed by atoms with E-state index in [4.69, 9.17) is 25.8 Å². The van der Waals surface area contributed by atoms with E-state index in [2.05, 4.69) is 4.98 Å². The van der Waals surface area contributed by atoms with E-state index in [1.807, 2.05) is 6.92 Å². The Morgan fingerprint density at radius 2 is 2.04 bits per heavy atom. The molecule has 0 radical (unpaired) electrons. The van der Waals surface area contributed by atoms with Gasteiger partial charge < -0.3 is 14.2 Å². The number of hydrogen-bond acceptors (Lipinski definition) is 7. The number of nitrogens with zero attached hydrogens (tertiary/aromatic N) is 2. The highest BCUT2D eigenvalue weighted by atomic mass is 35.5. The Bertz CT molecular complexity index is 881. The number of halogens is 1. The van der Waals surface area contributed by atoms with Gasteiger partial charge in [0.2, 0.25) is 5.91 Å². The quantitative estimate of drug-likeness (QED) is 0.471. The number of anilines is 1. The average molecular weight is 425 g/mol. The summed E-state index contributed by atoms with van der Waals surface area (Å²) in [6.07, 6.45) is 2.86. The van der Waals surface area contributed by atoms with Crippen molar-refractivity contribution in [3.8, 4) is 11.5 Å². The second kappa shape index (κ2) is 10.1. The van der Waals surface area contributed by atoms with E-state index < -0.39 is 5.97 Å². The van der Waals surface area contributed by atoms with Crippen LogP contribution in [-0.4, -0.2) is 37.6 Å². The molecule has 0 aliphatic carbocycles. The molecule has 7 nitrogen and oxygen atoms in total. The molecule has 0 bridgehead atoms. The van der Waals surface area contributed by atoms with E-state index in [1.165, 1.54) is 38.6 Å². The van der Waals surface area contributed by atoms with Crippen LogP contribution < -0.4 is 14.4 Å². The lowest BCUT2D eigenvalue weighted by atomic mass is 10.2. The van der Waals surface area contributed by atoms with Crippen LogP contribution in [0.15, 0.2) is 23.6 Å². The molecular formula is C19H21ClN2O5S. The van der Waals surface area contributed by atoms with Crippen LogP contribution in [-0.2, 0) is 20.9 Å². The minimum Gasteiger partial charge on any atom is -0.493 e. The number of ether oxygens (including phenoxy) is 3. The maximum atomic E-state index is 12.0. The number of amides is 1. The maximum absolute atomic E-state index is 12.0. The number of benzene rings is 1. The van der Waals surface area contributed by atoms with Crippen LogP contribution >= 0.6 is 22.9 Å². The molecule has 0 aliphatic rings. The van der Waals surface area contributed by atoms with Gasteiger partial charge in [-0.25, -0.2) is 9.78 Å². The Morgan fingerprint density at radius 3 is 2.64 bits per heavy atom. The van der Waals surface area contributed by atoms with Crippen LogP contribution in [0.1, 0.15) is 25.1 Å². The highest BCUT2D eigenvalue weighted by molar-refractivity contribution is 7.14. The van der Waals surface area contributed by atoms with Gasteiger partial charge in [0, 0.05) is 24.9 Å². The predicted molar refractivity (Wildman–Crippen MR) is 109 cm³/mol. The molecule has 1 heterocycles. The number of aromatic nitrogens is 1. The first-order valence-corrected chi connectivity index (χ1v) is 9.64. The van der Waals surface area contributed by atoms with Crippen molar-refractivity contribution in [3.05, 3.63) is 39.9 Å². The summed E-state index contributed by atoms with van der Waals surface area (Å²) >= 11 is 7.47. The number of thiazole rings is 1. The summed E-state index contributed by atoms with van der Waals surface area (Å²) in [6, 6.07) is 3.35. The normalized spacial score (nSPS) is 10.8. The molecule has 0 unspecified atom stereocenters. The Balaban J connectivity index is 1.99. The number of hydrogen-bond donors (Lipinski definition) is 0. The number of methoxy groups -OCH3 is 2. The van der Waals surface area contributed by atoms with Crippen LogP contribution in [0.4, 0.5) is 5.13 Å². The molecule has 0 saturated carbocycles. The molecule has 0 fully saturated rings. The lowest BCUT2D eigenvalue weighted by molar-refractivity contribution is -0.139. The summed E-state index contributed by atoms with van der Waals surface area (Å²) in [7, 11) is 3.00. The van der Waals surface area contributed by atoms with E-state index in [1.54, 1.807) is 28.5 Å². The summed E-state index contributed by atoms with van der Waals surface area (Å²) < 4.78 is 15.6. The van der Waals surface area contributed by atoms with Gasteiger partial charge in [0.15, 0.2) is 16.6 Å². The van der Waals surface area contributed by atoms with Crippen molar-refractivity contribution in [1.29, 1.82) is 0 Å². The Morgan fingerprint density at radius 1 is 1.29 bits per heavy atom. The van der Waals surface area contributed by atoms with Gasteiger partial charge in [-0.05, 0) is 30.7 Å². The molecule has 9 heteroatoms. The van der Waals surface area contributed by atoms with Crippen molar-refractivity contribution in [2.45, 2.75) is 20.5 Å². The third kappa shape index (κ3) is 5.46. The third-order valence-corrected chi connectivity index (χ3v) is 4.89. The molecule has 28 heavy (non-hydrogen) atoms. The van der Waals surface area contributed by atoms with Gasteiger partial charge in [-0.15, -0.1) is 11.3 Å². The molecular weight excluding hydrogens is 404 g/mol. The molecule has 1 aromatic heterocycles. The second-order valence-corrected chi connectivity index (χ2v) is 6.81. The summed E-state index contributed by atoms with van der Waals surface area (Å²) in [5, 5.41) is 2.71. The third-order valence-electron chi connectivity index (χ3n) is 3.70. The molecule has 0 aliphatic heterocycles. The lowest BCUT2D eigenvalue weighted by Crippen LogP contribution is -2.27. The van der Waals surface area contributed by atoms with Crippen molar-refractivity contribution < 1.29 is 23.8 Å². The standard InChI is InChI=1S/C19H21ClN2O5S/c1-5-22(12(2)23)19-21-14(11-28-19)10-27-17(24)7-6-13-8-15(20)18(26-4)16(9-13)25-3/h6-9,11H,5,10H2,1-4H3/b7-6+. The zero-order valence-corrected chi connectivity index (χ0v) is 17.6. The molecule has 0 atom stereocenters. The first kappa shape index (κ1) is 21.7. The van der Waals surface area contributed by atoms with E-state index in [0.717, 1.165) is 0 Å². The van der Waals surface area contributed by atoms with Crippen molar-refractivity contribution in [2.24, 2.45) is 0 Å². The molecule has 0 spiro atoms. The molecule has 1 aromatic carbocycles. The molecule has 2 rings (SSSR count). The van der Waals surface area contributed by atoms with Gasteiger partial charge >= 0.3 is 5.97 Å². The van der Waals surface area contributed by atoms with E-state index in [-0.39, 0.29) is 12.5 Å². The van der Waals surface area contributed by atoms with Crippen LogP contribution in [0.3, 0.4) is 0 Å². The molecule has 150 valence electrons. The van der Waals surface area contributed by atoms with Gasteiger partial charge in [-0.2, -0.15) is 0 Å². The van der Waals surface area contributed by atoms with Gasteiger partial charge in [0.25, 0.3) is 0 Å². The van der Waals surface area contributed by atoms with E-state index in [0.29, 0.717) is 39.5 Å². The number of esters is 1. The fraction of sp³-hybridized carbons (Fsp3) is 0.316. The Labute approximate surface area is 172 Å². The minimum atomic E-state index is -0.528. The van der Waals surface area contributed by atoms with Crippen LogP contribution in [0.2, 0.25) is 5.02 Å². The first-order chi connectivity index (χ1) is 13.4. The van der Waals surface area contributed by atoms with Crippen molar-refractivity contribution in [1.82, 2.24) is 4.98 Å². The lowest BCUT2D eigenvalue weighted by Gasteiger charge is -2.14. The fourth-order valence-electron chi connectivity index (χ4n) is 2.37. The first-order valence-electron chi connectivity index (χ1n) is 8.38. The highest BCUT2D eigenvalue weighted by Crippen LogP contribution is 2.36. The van der Waals surface area contributed by atoms with Crippen LogP contribution in [0, 0.1) is 0 Å². The van der Waals surface area contributed by atoms with E-state index >= 15 is 0 Å². The summed E-state index contributed by atoms with van der Waals surface area (Å²) in [5.74, 6) is 0.273. The monoisotopic (exact) mass is 424 g/mol. The Kier molecular flexibility index (Phi) is 7.83. The number of rotatable bonds is 8.